The predicted molar refractivity (Wildman–Crippen MR) is 106 cm³/mol. The molecule has 1 aromatic carbocycles. The van der Waals surface area contributed by atoms with Crippen molar-refractivity contribution in [2.24, 2.45) is 0 Å². The van der Waals surface area contributed by atoms with Gasteiger partial charge in [-0.2, -0.15) is 0 Å². The van der Waals surface area contributed by atoms with E-state index in [4.69, 9.17) is 5.10 Å². The van der Waals surface area contributed by atoms with Crippen LogP contribution in [0.5, 0.6) is 0 Å². The van der Waals surface area contributed by atoms with Crippen LogP contribution in [0.4, 0.5) is 0 Å². The van der Waals surface area contributed by atoms with Crippen molar-refractivity contribution in [3.63, 3.8) is 0 Å². The van der Waals surface area contributed by atoms with Gasteiger partial charge in [-0.15, -0.1) is 16.9 Å². The Hall–Kier alpha value is -2.01. The highest BCUT2D eigenvalue weighted by Gasteiger charge is 2.20. The van der Waals surface area contributed by atoms with Crippen LogP contribution in [-0.4, -0.2) is 20.4 Å². The third kappa shape index (κ3) is 2.91. The third-order valence-electron chi connectivity index (χ3n) is 4.62. The Morgan fingerprint density at radius 3 is 2.52 bits per heavy atom. The average molecular weight is 356 g/mol. The largest absolute Gasteiger partial charge is 0.290 e. The Labute approximate surface area is 152 Å². The number of rotatable bonds is 4. The number of benzene rings is 1. The van der Waals surface area contributed by atoms with E-state index < -0.39 is 0 Å². The van der Waals surface area contributed by atoms with E-state index in [0.717, 1.165) is 27.5 Å². The number of fused-ring (bicyclic) bond motifs is 1. The van der Waals surface area contributed by atoms with Crippen molar-refractivity contribution in [1.29, 1.82) is 0 Å². The van der Waals surface area contributed by atoms with Gasteiger partial charge >= 0.3 is 0 Å². The summed E-state index contributed by atoms with van der Waals surface area (Å²) in [6.45, 7) is 10.9. The van der Waals surface area contributed by atoms with E-state index in [-0.39, 0.29) is 11.5 Å². The minimum absolute atomic E-state index is 0.0388. The second-order valence-corrected chi connectivity index (χ2v) is 7.58. The van der Waals surface area contributed by atoms with E-state index in [1.54, 1.807) is 16.3 Å². The van der Waals surface area contributed by atoms with Crippen LogP contribution in [0.2, 0.25) is 0 Å². The molecule has 0 N–H and O–H groups in total. The Morgan fingerprint density at radius 1 is 1.20 bits per heavy atom. The molecule has 0 aliphatic heterocycles. The molecule has 0 saturated heterocycles. The molecule has 0 aliphatic rings. The van der Waals surface area contributed by atoms with E-state index >= 15 is 0 Å². The minimum atomic E-state index is 0.0388. The van der Waals surface area contributed by atoms with Gasteiger partial charge in [0.15, 0.2) is 5.82 Å². The maximum atomic E-state index is 13.3. The van der Waals surface area contributed by atoms with Crippen LogP contribution in [0.3, 0.4) is 0 Å². The highest BCUT2D eigenvalue weighted by Crippen LogP contribution is 2.30. The van der Waals surface area contributed by atoms with E-state index in [1.807, 2.05) is 18.4 Å². The van der Waals surface area contributed by atoms with Gasteiger partial charge in [0, 0.05) is 22.7 Å². The summed E-state index contributed by atoms with van der Waals surface area (Å²) in [4.78, 5) is 14.4. The van der Waals surface area contributed by atoms with Gasteiger partial charge < -0.3 is 0 Å². The topological polar surface area (TPSA) is 39.3 Å². The summed E-state index contributed by atoms with van der Waals surface area (Å²) in [6.07, 6.45) is 2.06. The summed E-state index contributed by atoms with van der Waals surface area (Å²) < 4.78 is 3.62. The molecule has 3 rings (SSSR count). The summed E-state index contributed by atoms with van der Waals surface area (Å²) in [5, 5.41) is 4.88. The zero-order chi connectivity index (χ0) is 18.3. The SMILES string of the molecule is CCn1c(-c2ccc(C)cc2SC)nn2c(C)cc(C(C)C)c2c1=O. The number of hydrogen-bond acceptors (Lipinski definition) is 3. The van der Waals surface area contributed by atoms with Gasteiger partial charge in [-0.05, 0) is 62.3 Å². The molecule has 5 heteroatoms. The minimum Gasteiger partial charge on any atom is -0.290 e. The van der Waals surface area contributed by atoms with Crippen molar-refractivity contribution >= 4 is 17.3 Å². The monoisotopic (exact) mass is 355 g/mol. The lowest BCUT2D eigenvalue weighted by Crippen LogP contribution is -2.26. The second kappa shape index (κ2) is 6.71. The fourth-order valence-electron chi connectivity index (χ4n) is 3.28. The van der Waals surface area contributed by atoms with Crippen LogP contribution < -0.4 is 5.56 Å². The smallest absolute Gasteiger partial charge is 0.278 e. The van der Waals surface area contributed by atoms with Gasteiger partial charge in [-0.1, -0.05) is 19.9 Å². The van der Waals surface area contributed by atoms with Crippen molar-refractivity contribution in [3.8, 4) is 11.4 Å². The van der Waals surface area contributed by atoms with Crippen LogP contribution in [0.1, 0.15) is 43.5 Å². The summed E-state index contributed by atoms with van der Waals surface area (Å²) in [5.74, 6) is 1.02. The molecule has 2 aromatic heterocycles. The number of aromatic nitrogens is 3. The number of thioether (sulfide) groups is 1. The molecule has 0 saturated carbocycles. The van der Waals surface area contributed by atoms with Crippen molar-refractivity contribution in [1.82, 2.24) is 14.2 Å². The predicted octanol–water partition coefficient (Wildman–Crippen LogP) is 4.65. The summed E-state index contributed by atoms with van der Waals surface area (Å²) in [6, 6.07) is 8.39. The number of hydrogen-bond donors (Lipinski definition) is 0. The average Bonchev–Trinajstić information content (AvgIpc) is 2.92. The standard InChI is InChI=1S/C20H25N3OS/c1-7-22-19(15-9-8-13(4)10-17(15)25-6)21-23-14(5)11-16(12(2)3)18(23)20(22)24/h8-12H,7H2,1-6H3. The van der Waals surface area contributed by atoms with Crippen LogP contribution in [0, 0.1) is 13.8 Å². The van der Waals surface area contributed by atoms with Crippen LogP contribution in [0.25, 0.3) is 16.9 Å². The lowest BCUT2D eigenvalue weighted by atomic mass is 10.1. The summed E-state index contributed by atoms with van der Waals surface area (Å²) in [5.41, 5.74) is 5.03. The van der Waals surface area contributed by atoms with E-state index in [1.165, 1.54) is 5.56 Å². The molecule has 3 aromatic rings. The zero-order valence-electron chi connectivity index (χ0n) is 15.8. The van der Waals surface area contributed by atoms with Gasteiger partial charge in [0.1, 0.15) is 5.52 Å². The maximum Gasteiger partial charge on any atom is 0.278 e. The molecule has 0 unspecified atom stereocenters. The van der Waals surface area contributed by atoms with Gasteiger partial charge in [0.2, 0.25) is 0 Å². The summed E-state index contributed by atoms with van der Waals surface area (Å²) >= 11 is 1.68. The molecule has 0 bridgehead atoms. The molecular weight excluding hydrogens is 330 g/mol. The number of aryl methyl sites for hydroxylation is 2. The Kier molecular flexibility index (Phi) is 4.78. The van der Waals surface area contributed by atoms with Gasteiger partial charge in [0.25, 0.3) is 5.56 Å². The zero-order valence-corrected chi connectivity index (χ0v) is 16.6. The normalized spacial score (nSPS) is 11.6. The lowest BCUT2D eigenvalue weighted by molar-refractivity contribution is 0.685. The van der Waals surface area contributed by atoms with Crippen LogP contribution in [-0.2, 0) is 6.54 Å². The molecule has 2 heterocycles. The highest BCUT2D eigenvalue weighted by atomic mass is 32.2. The van der Waals surface area contributed by atoms with Crippen LogP contribution in [0.15, 0.2) is 34.0 Å². The summed E-state index contributed by atoms with van der Waals surface area (Å²) in [7, 11) is 0. The van der Waals surface area contributed by atoms with Gasteiger partial charge in [0.05, 0.1) is 0 Å². The quantitative estimate of drug-likeness (QED) is 0.640. The molecule has 0 radical (unpaired) electrons. The Bertz CT molecular complexity index is 998. The van der Waals surface area contributed by atoms with Crippen molar-refractivity contribution in [2.75, 3.05) is 6.26 Å². The molecule has 4 nitrogen and oxygen atoms in total. The maximum absolute atomic E-state index is 13.3. The first-order valence-corrected chi connectivity index (χ1v) is 9.89. The molecule has 0 spiro atoms. The van der Waals surface area contributed by atoms with E-state index in [2.05, 4.69) is 51.3 Å². The molecule has 0 amide bonds. The molecule has 0 atom stereocenters. The molecule has 0 fully saturated rings. The van der Waals surface area contributed by atoms with Gasteiger partial charge in [-0.3, -0.25) is 9.36 Å². The Balaban J connectivity index is 2.42. The lowest BCUT2D eigenvalue weighted by Gasteiger charge is -2.15. The first-order chi connectivity index (χ1) is 11.9. The van der Waals surface area contributed by atoms with Crippen LogP contribution >= 0.6 is 11.8 Å². The first kappa shape index (κ1) is 17.8. The second-order valence-electron chi connectivity index (χ2n) is 6.73. The molecule has 25 heavy (non-hydrogen) atoms. The van der Waals surface area contributed by atoms with Gasteiger partial charge in [-0.25, -0.2) is 4.52 Å². The molecular formula is C20H25N3OS. The van der Waals surface area contributed by atoms with Crippen molar-refractivity contribution in [2.45, 2.75) is 52.0 Å². The molecule has 132 valence electrons. The molecule has 0 aliphatic carbocycles. The third-order valence-corrected chi connectivity index (χ3v) is 5.40. The van der Waals surface area contributed by atoms with E-state index in [9.17, 15) is 4.79 Å². The fraction of sp³-hybridized carbons (Fsp3) is 0.400. The number of nitrogens with zero attached hydrogens (tertiary/aromatic N) is 3. The first-order valence-electron chi connectivity index (χ1n) is 8.67. The van der Waals surface area contributed by atoms with Crippen molar-refractivity contribution in [3.05, 3.63) is 51.4 Å². The van der Waals surface area contributed by atoms with E-state index in [0.29, 0.717) is 12.1 Å². The van der Waals surface area contributed by atoms with Crippen molar-refractivity contribution < 1.29 is 0 Å². The fourth-order valence-corrected chi connectivity index (χ4v) is 3.97. The highest BCUT2D eigenvalue weighted by molar-refractivity contribution is 7.98. The Morgan fingerprint density at radius 2 is 1.92 bits per heavy atom.